The lowest BCUT2D eigenvalue weighted by molar-refractivity contribution is 0.370. The molecule has 0 aromatic heterocycles. The van der Waals surface area contributed by atoms with E-state index in [9.17, 15) is 0 Å². The number of rotatable bonds is 4. The topological polar surface area (TPSA) is 35.2 Å². The first-order chi connectivity index (χ1) is 9.74. The second kappa shape index (κ2) is 7.37. The van der Waals surface area contributed by atoms with E-state index in [1.807, 2.05) is 61.5 Å². The molecule has 0 spiro atoms. The van der Waals surface area contributed by atoms with E-state index in [2.05, 4.69) is 11.8 Å². The first-order valence-electron chi connectivity index (χ1n) is 6.75. The lowest BCUT2D eigenvalue weighted by Crippen LogP contribution is -2.17. The molecule has 102 valence electrons. The summed E-state index contributed by atoms with van der Waals surface area (Å²) in [4.78, 5) is 0. The summed E-state index contributed by atoms with van der Waals surface area (Å²) in [6.45, 7) is 2.39. The Morgan fingerprint density at radius 3 is 2.40 bits per heavy atom. The van der Waals surface area contributed by atoms with Crippen LogP contribution in [0.3, 0.4) is 0 Å². The predicted molar refractivity (Wildman–Crippen MR) is 82.6 cm³/mol. The molecule has 0 saturated carbocycles. The van der Waals surface area contributed by atoms with Crippen LogP contribution in [0.15, 0.2) is 54.6 Å². The van der Waals surface area contributed by atoms with Crippen LogP contribution in [0.2, 0.25) is 0 Å². The molecule has 2 N–H and O–H groups in total. The Balaban J connectivity index is 1.84. The van der Waals surface area contributed by atoms with Crippen molar-refractivity contribution in [3.63, 3.8) is 0 Å². The zero-order valence-corrected chi connectivity index (χ0v) is 11.7. The fourth-order valence-corrected chi connectivity index (χ4v) is 1.87. The Kier molecular flexibility index (Phi) is 5.23. The standard InChI is InChI=1S/C18H19NO/c1-15(19)14-17-9-11-18(12-10-17)20-13-5-8-16-6-3-2-4-7-16/h2-4,6-7,9-12,15H,13-14,19H2,1H3. The first kappa shape index (κ1) is 14.2. The molecule has 0 bridgehead atoms. The highest BCUT2D eigenvalue weighted by atomic mass is 16.5. The van der Waals surface area contributed by atoms with E-state index in [4.69, 9.17) is 10.5 Å². The van der Waals surface area contributed by atoms with E-state index in [1.54, 1.807) is 0 Å². The van der Waals surface area contributed by atoms with Gasteiger partial charge in [-0.3, -0.25) is 0 Å². The van der Waals surface area contributed by atoms with Crippen molar-refractivity contribution in [2.24, 2.45) is 5.73 Å². The second-order valence-corrected chi connectivity index (χ2v) is 4.78. The molecule has 0 fully saturated rings. The van der Waals surface area contributed by atoms with E-state index in [-0.39, 0.29) is 6.04 Å². The van der Waals surface area contributed by atoms with Gasteiger partial charge in [0.25, 0.3) is 0 Å². The largest absolute Gasteiger partial charge is 0.481 e. The normalized spacial score (nSPS) is 11.3. The summed E-state index contributed by atoms with van der Waals surface area (Å²) in [7, 11) is 0. The molecule has 1 unspecified atom stereocenters. The van der Waals surface area contributed by atoms with Crippen LogP contribution >= 0.6 is 0 Å². The van der Waals surface area contributed by atoms with Gasteiger partial charge in [0.05, 0.1) is 0 Å². The average molecular weight is 265 g/mol. The highest BCUT2D eigenvalue weighted by Gasteiger charge is 1.98. The zero-order chi connectivity index (χ0) is 14.2. The first-order valence-corrected chi connectivity index (χ1v) is 6.75. The van der Waals surface area contributed by atoms with Gasteiger partial charge < -0.3 is 10.5 Å². The molecule has 2 heteroatoms. The molecule has 2 aromatic rings. The van der Waals surface area contributed by atoms with Gasteiger partial charge in [-0.25, -0.2) is 0 Å². The minimum atomic E-state index is 0.179. The van der Waals surface area contributed by atoms with Gasteiger partial charge in [0, 0.05) is 11.6 Å². The molecule has 2 aromatic carbocycles. The summed E-state index contributed by atoms with van der Waals surface area (Å²) >= 11 is 0. The molecular weight excluding hydrogens is 246 g/mol. The molecule has 2 rings (SSSR count). The Labute approximate surface area is 120 Å². The van der Waals surface area contributed by atoms with E-state index in [0.717, 1.165) is 17.7 Å². The van der Waals surface area contributed by atoms with Gasteiger partial charge in [-0.05, 0) is 43.2 Å². The van der Waals surface area contributed by atoms with Crippen molar-refractivity contribution in [2.75, 3.05) is 6.61 Å². The highest BCUT2D eigenvalue weighted by Crippen LogP contribution is 2.12. The molecule has 1 atom stereocenters. The van der Waals surface area contributed by atoms with Crippen molar-refractivity contribution < 1.29 is 4.74 Å². The van der Waals surface area contributed by atoms with Crippen molar-refractivity contribution in [3.05, 3.63) is 65.7 Å². The zero-order valence-electron chi connectivity index (χ0n) is 11.7. The summed E-state index contributed by atoms with van der Waals surface area (Å²) in [5.74, 6) is 6.90. The van der Waals surface area contributed by atoms with E-state index >= 15 is 0 Å². The maximum absolute atomic E-state index is 5.77. The monoisotopic (exact) mass is 265 g/mol. The third-order valence-corrected chi connectivity index (χ3v) is 2.80. The molecule has 0 amide bonds. The number of hydrogen-bond acceptors (Lipinski definition) is 2. The Morgan fingerprint density at radius 1 is 1.05 bits per heavy atom. The van der Waals surface area contributed by atoms with Gasteiger partial charge in [-0.15, -0.1) is 0 Å². The summed E-state index contributed by atoms with van der Waals surface area (Å²) in [5.41, 5.74) is 7.99. The number of benzene rings is 2. The smallest absolute Gasteiger partial charge is 0.149 e. The van der Waals surface area contributed by atoms with E-state index in [1.165, 1.54) is 5.56 Å². The molecule has 0 aliphatic heterocycles. The quantitative estimate of drug-likeness (QED) is 0.862. The second-order valence-electron chi connectivity index (χ2n) is 4.78. The Hall–Kier alpha value is -2.24. The van der Waals surface area contributed by atoms with Crippen molar-refractivity contribution in [2.45, 2.75) is 19.4 Å². The molecular formula is C18H19NO. The lowest BCUT2D eigenvalue weighted by Gasteiger charge is -2.06. The van der Waals surface area contributed by atoms with Crippen LogP contribution in [0, 0.1) is 11.8 Å². The van der Waals surface area contributed by atoms with Crippen molar-refractivity contribution in [1.29, 1.82) is 0 Å². The molecule has 0 radical (unpaired) electrons. The van der Waals surface area contributed by atoms with Crippen LogP contribution in [0.4, 0.5) is 0 Å². The minimum absolute atomic E-state index is 0.179. The third kappa shape index (κ3) is 4.79. The third-order valence-electron chi connectivity index (χ3n) is 2.80. The van der Waals surface area contributed by atoms with Crippen LogP contribution in [0.1, 0.15) is 18.1 Å². The number of ether oxygens (including phenoxy) is 1. The maximum Gasteiger partial charge on any atom is 0.149 e. The van der Waals surface area contributed by atoms with Gasteiger partial charge in [0.1, 0.15) is 12.4 Å². The van der Waals surface area contributed by atoms with E-state index < -0.39 is 0 Å². The lowest BCUT2D eigenvalue weighted by atomic mass is 10.1. The average Bonchev–Trinajstić information content (AvgIpc) is 2.46. The van der Waals surface area contributed by atoms with Gasteiger partial charge in [-0.2, -0.15) is 0 Å². The number of hydrogen-bond donors (Lipinski definition) is 1. The molecule has 0 heterocycles. The van der Waals surface area contributed by atoms with Crippen LogP contribution in [-0.2, 0) is 6.42 Å². The fourth-order valence-electron chi connectivity index (χ4n) is 1.87. The van der Waals surface area contributed by atoms with Crippen molar-refractivity contribution >= 4 is 0 Å². The summed E-state index contributed by atoms with van der Waals surface area (Å²) in [5, 5.41) is 0. The van der Waals surface area contributed by atoms with Crippen LogP contribution in [-0.4, -0.2) is 12.6 Å². The van der Waals surface area contributed by atoms with Gasteiger partial charge in [-0.1, -0.05) is 42.2 Å². The van der Waals surface area contributed by atoms with Crippen LogP contribution in [0.5, 0.6) is 5.75 Å². The van der Waals surface area contributed by atoms with Crippen molar-refractivity contribution in [3.8, 4) is 17.6 Å². The number of nitrogens with two attached hydrogens (primary N) is 1. The van der Waals surface area contributed by atoms with Gasteiger partial charge in [0.2, 0.25) is 0 Å². The van der Waals surface area contributed by atoms with Crippen molar-refractivity contribution in [1.82, 2.24) is 0 Å². The molecule has 0 aliphatic carbocycles. The molecule has 0 saturated heterocycles. The van der Waals surface area contributed by atoms with Crippen LogP contribution < -0.4 is 10.5 Å². The summed E-state index contributed by atoms with van der Waals surface area (Å²) < 4.78 is 5.58. The van der Waals surface area contributed by atoms with Crippen LogP contribution in [0.25, 0.3) is 0 Å². The molecule has 0 aliphatic rings. The fraction of sp³-hybridized carbons (Fsp3) is 0.222. The van der Waals surface area contributed by atoms with Gasteiger partial charge >= 0.3 is 0 Å². The molecule has 20 heavy (non-hydrogen) atoms. The maximum atomic E-state index is 5.77. The SMILES string of the molecule is CC(N)Cc1ccc(OCC#Cc2ccccc2)cc1. The summed E-state index contributed by atoms with van der Waals surface area (Å²) in [6.07, 6.45) is 0.883. The molecule has 2 nitrogen and oxygen atoms in total. The Bertz CT molecular complexity index is 576. The minimum Gasteiger partial charge on any atom is -0.481 e. The highest BCUT2D eigenvalue weighted by molar-refractivity contribution is 5.34. The summed E-state index contributed by atoms with van der Waals surface area (Å²) in [6, 6.07) is 18.1. The Morgan fingerprint density at radius 2 is 1.75 bits per heavy atom. The predicted octanol–water partition coefficient (Wildman–Crippen LogP) is 3.01. The van der Waals surface area contributed by atoms with E-state index in [0.29, 0.717) is 6.61 Å². The van der Waals surface area contributed by atoms with Gasteiger partial charge in [0.15, 0.2) is 0 Å².